The highest BCUT2D eigenvalue weighted by atomic mass is 32.2. The zero-order valence-electron chi connectivity index (χ0n) is 13.9. The van der Waals surface area contributed by atoms with E-state index in [1.54, 1.807) is 40.7 Å². The standard InChI is InChI=1S/C17H14F3N3O3S/c1-23-10-12(11-6-2-4-8-14(11)23)16(24)21-22-27(25,26)15-9-5-3-7-13(15)17(18,19)20/h2-10,22H,1H3,(H,21,24). The van der Waals surface area contributed by atoms with Crippen molar-refractivity contribution in [2.24, 2.45) is 7.05 Å². The summed E-state index contributed by atoms with van der Waals surface area (Å²) < 4.78 is 65.3. The number of aryl methyl sites for hydroxylation is 1. The number of fused-ring (bicyclic) bond motifs is 1. The Morgan fingerprint density at radius 3 is 2.37 bits per heavy atom. The summed E-state index contributed by atoms with van der Waals surface area (Å²) >= 11 is 0. The third kappa shape index (κ3) is 3.67. The molecule has 0 saturated carbocycles. The van der Waals surface area contributed by atoms with Crippen LogP contribution in [0.4, 0.5) is 13.2 Å². The van der Waals surface area contributed by atoms with Gasteiger partial charge in [0, 0.05) is 24.1 Å². The number of aromatic nitrogens is 1. The molecule has 27 heavy (non-hydrogen) atoms. The van der Waals surface area contributed by atoms with Crippen LogP contribution in [0.1, 0.15) is 15.9 Å². The Morgan fingerprint density at radius 1 is 1.04 bits per heavy atom. The normalized spacial score (nSPS) is 12.3. The molecule has 0 radical (unpaired) electrons. The molecule has 6 nitrogen and oxygen atoms in total. The summed E-state index contributed by atoms with van der Waals surface area (Å²) in [6.45, 7) is 0. The molecule has 2 N–H and O–H groups in total. The van der Waals surface area contributed by atoms with Crippen LogP contribution in [0.2, 0.25) is 0 Å². The lowest BCUT2D eigenvalue weighted by Crippen LogP contribution is -2.42. The number of carbonyl (C=O) groups excluding carboxylic acids is 1. The molecule has 3 aromatic rings. The summed E-state index contributed by atoms with van der Waals surface area (Å²) in [5.41, 5.74) is 1.57. The molecule has 0 aliphatic carbocycles. The van der Waals surface area contributed by atoms with E-state index in [-0.39, 0.29) is 5.56 Å². The van der Waals surface area contributed by atoms with Gasteiger partial charge in [-0.1, -0.05) is 30.3 Å². The smallest absolute Gasteiger partial charge is 0.350 e. The topological polar surface area (TPSA) is 80.2 Å². The van der Waals surface area contributed by atoms with E-state index in [2.05, 4.69) is 0 Å². The van der Waals surface area contributed by atoms with Gasteiger partial charge < -0.3 is 4.57 Å². The maximum absolute atomic E-state index is 13.0. The molecule has 1 amide bonds. The number of nitrogens with zero attached hydrogens (tertiary/aromatic N) is 1. The van der Waals surface area contributed by atoms with Crippen molar-refractivity contribution in [2.45, 2.75) is 11.1 Å². The molecule has 10 heteroatoms. The lowest BCUT2D eigenvalue weighted by molar-refractivity contribution is -0.139. The number of carbonyl (C=O) groups is 1. The largest absolute Gasteiger partial charge is 0.417 e. The highest BCUT2D eigenvalue weighted by Gasteiger charge is 2.37. The predicted molar refractivity (Wildman–Crippen MR) is 92.2 cm³/mol. The van der Waals surface area contributed by atoms with Gasteiger partial charge >= 0.3 is 6.18 Å². The highest BCUT2D eigenvalue weighted by Crippen LogP contribution is 2.33. The lowest BCUT2D eigenvalue weighted by atomic mass is 10.2. The van der Waals surface area contributed by atoms with Gasteiger partial charge in [-0.25, -0.2) is 8.42 Å². The molecule has 1 heterocycles. The molecule has 0 atom stereocenters. The van der Waals surface area contributed by atoms with Crippen molar-refractivity contribution in [3.63, 3.8) is 0 Å². The van der Waals surface area contributed by atoms with Crippen LogP contribution < -0.4 is 10.3 Å². The SMILES string of the molecule is Cn1cc(C(=O)NNS(=O)(=O)c2ccccc2C(F)(F)F)c2ccccc21. The third-order valence-electron chi connectivity index (χ3n) is 3.92. The fourth-order valence-electron chi connectivity index (χ4n) is 2.69. The van der Waals surface area contributed by atoms with E-state index in [0.29, 0.717) is 11.5 Å². The summed E-state index contributed by atoms with van der Waals surface area (Å²) in [6.07, 6.45) is -3.36. The number of hydrazine groups is 1. The fourth-order valence-corrected chi connectivity index (χ4v) is 3.76. The Labute approximate surface area is 152 Å². The summed E-state index contributed by atoms with van der Waals surface area (Å²) in [5, 5.41) is 0.576. The van der Waals surface area contributed by atoms with E-state index in [1.807, 2.05) is 5.43 Å². The molecule has 0 aliphatic rings. The first-order valence-electron chi connectivity index (χ1n) is 7.64. The maximum atomic E-state index is 13.0. The second-order valence-electron chi connectivity index (χ2n) is 5.72. The predicted octanol–water partition coefficient (Wildman–Crippen LogP) is 2.82. The van der Waals surface area contributed by atoms with Crippen molar-refractivity contribution in [1.29, 1.82) is 0 Å². The van der Waals surface area contributed by atoms with Crippen molar-refractivity contribution >= 4 is 26.8 Å². The zero-order chi connectivity index (χ0) is 19.8. The van der Waals surface area contributed by atoms with E-state index < -0.39 is 32.6 Å². The van der Waals surface area contributed by atoms with Gasteiger partial charge in [0.1, 0.15) is 0 Å². The van der Waals surface area contributed by atoms with Crippen LogP contribution in [0, 0.1) is 0 Å². The molecule has 3 rings (SSSR count). The number of para-hydroxylation sites is 1. The van der Waals surface area contributed by atoms with E-state index in [4.69, 9.17) is 0 Å². The summed E-state index contributed by atoms with van der Waals surface area (Å²) in [5.74, 6) is -0.792. The van der Waals surface area contributed by atoms with Gasteiger partial charge in [-0.2, -0.15) is 13.2 Å². The number of sulfonamides is 1. The van der Waals surface area contributed by atoms with Crippen LogP contribution in [0.25, 0.3) is 10.9 Å². The molecule has 0 saturated heterocycles. The van der Waals surface area contributed by atoms with E-state index >= 15 is 0 Å². The van der Waals surface area contributed by atoms with Gasteiger partial charge in [0.2, 0.25) is 0 Å². The third-order valence-corrected chi connectivity index (χ3v) is 5.23. The summed E-state index contributed by atoms with van der Waals surface area (Å²) in [6, 6.07) is 10.7. The second kappa shape index (κ2) is 6.71. The van der Waals surface area contributed by atoms with Crippen LogP contribution >= 0.6 is 0 Å². The van der Waals surface area contributed by atoms with E-state index in [9.17, 15) is 26.4 Å². The average molecular weight is 397 g/mol. The molecule has 0 fully saturated rings. The maximum Gasteiger partial charge on any atom is 0.417 e. The molecule has 0 bridgehead atoms. The molecule has 0 aliphatic heterocycles. The summed E-state index contributed by atoms with van der Waals surface area (Å²) in [4.78, 5) is 13.1. The molecular weight excluding hydrogens is 383 g/mol. The van der Waals surface area contributed by atoms with Crippen LogP contribution in [0.5, 0.6) is 0 Å². The van der Waals surface area contributed by atoms with Gasteiger partial charge in [-0.05, 0) is 18.2 Å². The average Bonchev–Trinajstić information content (AvgIpc) is 2.96. The quantitative estimate of drug-likeness (QED) is 0.665. The van der Waals surface area contributed by atoms with Crippen LogP contribution in [0.3, 0.4) is 0 Å². The van der Waals surface area contributed by atoms with Gasteiger partial charge in [0.25, 0.3) is 15.9 Å². The lowest BCUT2D eigenvalue weighted by Gasteiger charge is -2.14. The Morgan fingerprint density at radius 2 is 1.67 bits per heavy atom. The Hall–Kier alpha value is -2.85. The number of rotatable bonds is 4. The fraction of sp³-hybridized carbons (Fsp3) is 0.118. The minimum absolute atomic E-state index is 0.180. The first kappa shape index (κ1) is 18.9. The highest BCUT2D eigenvalue weighted by molar-refractivity contribution is 7.89. The van der Waals surface area contributed by atoms with Crippen molar-refractivity contribution in [3.05, 3.63) is 65.9 Å². The van der Waals surface area contributed by atoms with Crippen LogP contribution in [0.15, 0.2) is 59.6 Å². The van der Waals surface area contributed by atoms with Crippen LogP contribution in [-0.2, 0) is 23.2 Å². The van der Waals surface area contributed by atoms with Gasteiger partial charge in [-0.15, -0.1) is 4.83 Å². The van der Waals surface area contributed by atoms with Gasteiger partial charge in [-0.3, -0.25) is 10.2 Å². The van der Waals surface area contributed by atoms with E-state index in [1.165, 1.54) is 6.20 Å². The van der Waals surface area contributed by atoms with E-state index in [0.717, 1.165) is 23.7 Å². The van der Waals surface area contributed by atoms with Gasteiger partial charge in [0.05, 0.1) is 16.0 Å². The number of hydrogen-bond acceptors (Lipinski definition) is 3. The summed E-state index contributed by atoms with van der Waals surface area (Å²) in [7, 11) is -2.92. The molecule has 1 aromatic heterocycles. The Bertz CT molecular complexity index is 1120. The van der Waals surface area contributed by atoms with Crippen molar-refractivity contribution in [1.82, 2.24) is 14.8 Å². The Kier molecular flexibility index (Phi) is 4.70. The van der Waals surface area contributed by atoms with Crippen LogP contribution in [-0.4, -0.2) is 18.9 Å². The zero-order valence-corrected chi connectivity index (χ0v) is 14.7. The molecule has 142 valence electrons. The number of hydrogen-bond donors (Lipinski definition) is 2. The molecule has 0 spiro atoms. The monoisotopic (exact) mass is 397 g/mol. The second-order valence-corrected chi connectivity index (χ2v) is 7.38. The number of benzene rings is 2. The number of nitrogens with one attached hydrogen (secondary N) is 2. The Balaban J connectivity index is 1.87. The van der Waals surface area contributed by atoms with Gasteiger partial charge in [0.15, 0.2) is 0 Å². The first-order valence-corrected chi connectivity index (χ1v) is 9.12. The number of amides is 1. The minimum atomic E-state index is -4.86. The number of halogens is 3. The van der Waals surface area contributed by atoms with Crippen molar-refractivity contribution in [3.8, 4) is 0 Å². The van der Waals surface area contributed by atoms with Crippen molar-refractivity contribution < 1.29 is 26.4 Å². The minimum Gasteiger partial charge on any atom is -0.350 e. The molecular formula is C17H14F3N3O3S. The molecule has 0 unspecified atom stereocenters. The van der Waals surface area contributed by atoms with Crippen molar-refractivity contribution in [2.75, 3.05) is 0 Å². The first-order chi connectivity index (χ1) is 12.6. The molecule has 2 aromatic carbocycles. The number of alkyl halides is 3.